The zero-order valence-electron chi connectivity index (χ0n) is 13.9. The third kappa shape index (κ3) is 4.31. The average Bonchev–Trinajstić information content (AvgIpc) is 2.54. The van der Waals surface area contributed by atoms with Gasteiger partial charge in [0.25, 0.3) is 0 Å². The maximum atomic E-state index is 12.7. The number of hydrogen-bond acceptors (Lipinski definition) is 4. The van der Waals surface area contributed by atoms with E-state index in [0.717, 1.165) is 19.5 Å². The SMILES string of the molecule is CC[C@@H](C)C(=O)Nc1cccc(S(=O)(=O)N2CCN(C)CC2)c1. The second kappa shape index (κ2) is 7.42. The zero-order chi connectivity index (χ0) is 17.0. The van der Waals surface area contributed by atoms with Crippen molar-refractivity contribution in [2.75, 3.05) is 38.5 Å². The van der Waals surface area contributed by atoms with Gasteiger partial charge in [0.05, 0.1) is 4.90 Å². The van der Waals surface area contributed by atoms with E-state index in [1.165, 1.54) is 10.4 Å². The van der Waals surface area contributed by atoms with Crippen molar-refractivity contribution in [2.45, 2.75) is 25.2 Å². The summed E-state index contributed by atoms with van der Waals surface area (Å²) in [7, 11) is -1.53. The summed E-state index contributed by atoms with van der Waals surface area (Å²) < 4.78 is 26.9. The highest BCUT2D eigenvalue weighted by molar-refractivity contribution is 7.89. The van der Waals surface area contributed by atoms with Crippen LogP contribution >= 0.6 is 0 Å². The van der Waals surface area contributed by atoms with Gasteiger partial charge < -0.3 is 10.2 Å². The zero-order valence-corrected chi connectivity index (χ0v) is 14.8. The number of hydrogen-bond donors (Lipinski definition) is 1. The molecule has 1 aliphatic heterocycles. The molecular weight excluding hydrogens is 314 g/mol. The number of sulfonamides is 1. The molecule has 7 heteroatoms. The molecule has 1 amide bonds. The van der Waals surface area contributed by atoms with Gasteiger partial charge in [-0.3, -0.25) is 4.79 Å². The molecule has 0 radical (unpaired) electrons. The molecule has 0 bridgehead atoms. The second-order valence-corrected chi connectivity index (χ2v) is 7.97. The summed E-state index contributed by atoms with van der Waals surface area (Å²) in [6.45, 7) is 6.22. The Kier molecular flexibility index (Phi) is 5.78. The maximum Gasteiger partial charge on any atom is 0.243 e. The summed E-state index contributed by atoms with van der Waals surface area (Å²) in [5, 5.41) is 2.78. The molecule has 128 valence electrons. The summed E-state index contributed by atoms with van der Waals surface area (Å²) in [4.78, 5) is 14.3. The summed E-state index contributed by atoms with van der Waals surface area (Å²) in [5.74, 6) is -0.199. The van der Waals surface area contributed by atoms with Crippen LogP contribution in [0.5, 0.6) is 0 Å². The molecule has 1 saturated heterocycles. The Morgan fingerprint density at radius 3 is 2.52 bits per heavy atom. The molecule has 0 aliphatic carbocycles. The first-order chi connectivity index (χ1) is 10.8. The number of likely N-dealkylation sites (N-methyl/N-ethyl adjacent to an activating group) is 1. The normalized spacial score (nSPS) is 18.6. The molecule has 0 saturated carbocycles. The fourth-order valence-corrected chi connectivity index (χ4v) is 3.83. The number of benzene rings is 1. The summed E-state index contributed by atoms with van der Waals surface area (Å²) in [6.07, 6.45) is 0.741. The van der Waals surface area contributed by atoms with Gasteiger partial charge in [0.2, 0.25) is 15.9 Å². The van der Waals surface area contributed by atoms with Crippen LogP contribution in [0.4, 0.5) is 5.69 Å². The molecule has 1 fully saturated rings. The highest BCUT2D eigenvalue weighted by Gasteiger charge is 2.27. The number of amides is 1. The molecule has 6 nitrogen and oxygen atoms in total. The van der Waals surface area contributed by atoms with Gasteiger partial charge in [0.15, 0.2) is 0 Å². The van der Waals surface area contributed by atoms with Crippen molar-refractivity contribution < 1.29 is 13.2 Å². The molecule has 1 aromatic rings. The average molecular weight is 339 g/mol. The van der Waals surface area contributed by atoms with E-state index in [1.54, 1.807) is 18.2 Å². The number of carbonyl (C=O) groups is 1. The van der Waals surface area contributed by atoms with E-state index in [0.29, 0.717) is 18.8 Å². The van der Waals surface area contributed by atoms with Crippen molar-refractivity contribution in [3.05, 3.63) is 24.3 Å². The van der Waals surface area contributed by atoms with Crippen LogP contribution in [0.25, 0.3) is 0 Å². The summed E-state index contributed by atoms with van der Waals surface area (Å²) >= 11 is 0. The number of nitrogens with zero attached hydrogens (tertiary/aromatic N) is 2. The standard InChI is InChI=1S/C16H25N3O3S/c1-4-13(2)16(20)17-14-6-5-7-15(12-14)23(21,22)19-10-8-18(3)9-11-19/h5-7,12-13H,4,8-11H2,1-3H3,(H,17,20)/t13-/m1/s1. The highest BCUT2D eigenvalue weighted by Crippen LogP contribution is 2.21. The predicted octanol–water partition coefficient (Wildman–Crippen LogP) is 1.61. The van der Waals surface area contributed by atoms with Gasteiger partial charge in [-0.25, -0.2) is 8.42 Å². The summed E-state index contributed by atoms with van der Waals surface area (Å²) in [5.41, 5.74) is 0.519. The summed E-state index contributed by atoms with van der Waals surface area (Å²) in [6, 6.07) is 6.49. The molecule has 1 heterocycles. The van der Waals surface area contributed by atoms with Crippen molar-refractivity contribution in [1.29, 1.82) is 0 Å². The van der Waals surface area contributed by atoms with Crippen molar-refractivity contribution in [3.8, 4) is 0 Å². The van der Waals surface area contributed by atoms with Crippen LogP contribution in [-0.2, 0) is 14.8 Å². The van der Waals surface area contributed by atoms with Crippen molar-refractivity contribution in [3.63, 3.8) is 0 Å². The van der Waals surface area contributed by atoms with Crippen LogP contribution in [0, 0.1) is 5.92 Å². The quantitative estimate of drug-likeness (QED) is 0.885. The number of rotatable bonds is 5. The number of piperazine rings is 1. The smallest absolute Gasteiger partial charge is 0.243 e. The molecule has 1 N–H and O–H groups in total. The molecule has 1 atom stereocenters. The van der Waals surface area contributed by atoms with E-state index >= 15 is 0 Å². The minimum absolute atomic E-state index is 0.0957. The van der Waals surface area contributed by atoms with Crippen LogP contribution in [-0.4, -0.2) is 56.8 Å². The van der Waals surface area contributed by atoms with Gasteiger partial charge in [-0.05, 0) is 31.7 Å². The molecule has 0 aromatic heterocycles. The van der Waals surface area contributed by atoms with E-state index in [1.807, 2.05) is 20.9 Å². The van der Waals surface area contributed by atoms with Crippen LogP contribution in [0.3, 0.4) is 0 Å². The van der Waals surface area contributed by atoms with E-state index in [2.05, 4.69) is 10.2 Å². The number of carbonyl (C=O) groups excluding carboxylic acids is 1. The minimum Gasteiger partial charge on any atom is -0.326 e. The van der Waals surface area contributed by atoms with Crippen molar-refractivity contribution in [2.24, 2.45) is 5.92 Å². The molecule has 0 unspecified atom stereocenters. The Labute approximate surface area is 138 Å². The number of nitrogens with one attached hydrogen (secondary N) is 1. The predicted molar refractivity (Wildman–Crippen MR) is 90.8 cm³/mol. The molecule has 2 rings (SSSR count). The molecule has 1 aliphatic rings. The van der Waals surface area contributed by atoms with E-state index in [9.17, 15) is 13.2 Å². The van der Waals surface area contributed by atoms with Crippen molar-refractivity contribution in [1.82, 2.24) is 9.21 Å². The Bertz CT molecular complexity index is 652. The highest BCUT2D eigenvalue weighted by atomic mass is 32.2. The third-order valence-corrected chi connectivity index (χ3v) is 6.16. The van der Waals surface area contributed by atoms with Crippen LogP contribution in [0.2, 0.25) is 0 Å². The Morgan fingerprint density at radius 1 is 1.26 bits per heavy atom. The molecular formula is C16H25N3O3S. The molecule has 1 aromatic carbocycles. The van der Waals surface area contributed by atoms with E-state index < -0.39 is 10.0 Å². The van der Waals surface area contributed by atoms with Gasteiger partial charge >= 0.3 is 0 Å². The van der Waals surface area contributed by atoms with Gasteiger partial charge in [-0.2, -0.15) is 4.31 Å². The first kappa shape index (κ1) is 17.9. The number of anilines is 1. The fourth-order valence-electron chi connectivity index (χ4n) is 2.36. The molecule has 23 heavy (non-hydrogen) atoms. The van der Waals surface area contributed by atoms with Crippen LogP contribution in [0.15, 0.2) is 29.2 Å². The Balaban J connectivity index is 2.17. The van der Waals surface area contributed by atoms with E-state index in [4.69, 9.17) is 0 Å². The van der Waals surface area contributed by atoms with E-state index in [-0.39, 0.29) is 16.7 Å². The fraction of sp³-hybridized carbons (Fsp3) is 0.562. The molecule has 0 spiro atoms. The lowest BCUT2D eigenvalue weighted by Crippen LogP contribution is -2.47. The Morgan fingerprint density at radius 2 is 1.91 bits per heavy atom. The van der Waals surface area contributed by atoms with Gasteiger partial charge in [-0.1, -0.05) is 19.9 Å². The lowest BCUT2D eigenvalue weighted by molar-refractivity contribution is -0.119. The minimum atomic E-state index is -3.51. The van der Waals surface area contributed by atoms with Crippen molar-refractivity contribution >= 4 is 21.6 Å². The van der Waals surface area contributed by atoms with Gasteiger partial charge in [0.1, 0.15) is 0 Å². The van der Waals surface area contributed by atoms with Gasteiger partial charge in [-0.15, -0.1) is 0 Å². The lowest BCUT2D eigenvalue weighted by Gasteiger charge is -2.31. The second-order valence-electron chi connectivity index (χ2n) is 6.03. The maximum absolute atomic E-state index is 12.7. The topological polar surface area (TPSA) is 69.7 Å². The lowest BCUT2D eigenvalue weighted by atomic mass is 10.1. The largest absolute Gasteiger partial charge is 0.326 e. The van der Waals surface area contributed by atoms with Crippen LogP contribution < -0.4 is 5.32 Å². The monoisotopic (exact) mass is 339 g/mol. The van der Waals surface area contributed by atoms with Crippen LogP contribution in [0.1, 0.15) is 20.3 Å². The first-order valence-electron chi connectivity index (χ1n) is 7.94. The van der Waals surface area contributed by atoms with Gasteiger partial charge in [0, 0.05) is 37.8 Å². The first-order valence-corrected chi connectivity index (χ1v) is 9.38. The Hall–Kier alpha value is -1.44. The third-order valence-electron chi connectivity index (χ3n) is 4.26.